The monoisotopic (exact) mass is 276 g/mol. The minimum Gasteiger partial charge on any atom is -0.392 e. The Morgan fingerprint density at radius 1 is 1.50 bits per heavy atom. The number of sulfonamides is 1. The molecule has 1 heterocycles. The summed E-state index contributed by atoms with van der Waals surface area (Å²) in [7, 11) is -4.02. The first-order valence-corrected chi connectivity index (χ1v) is 7.09. The zero-order valence-corrected chi connectivity index (χ0v) is 11.1. The van der Waals surface area contributed by atoms with Crippen molar-refractivity contribution in [2.45, 2.75) is 31.4 Å². The molecule has 0 amide bonds. The zero-order chi connectivity index (χ0) is 13.8. The first-order chi connectivity index (χ1) is 8.33. The average Bonchev–Trinajstić information content (AvgIpc) is 2.26. The van der Waals surface area contributed by atoms with Crippen molar-refractivity contribution in [1.29, 1.82) is 0 Å². The van der Waals surface area contributed by atoms with Gasteiger partial charge < -0.3 is 5.11 Å². The van der Waals surface area contributed by atoms with E-state index in [1.165, 1.54) is 12.3 Å². The standard InChI is InChI=1S/C11H17FN2O3S/c1-8(2)6-9(15)7-14-18(16,17)11-10(12)4-3-5-13-11/h3-5,8-9,14-15H,6-7H2,1-2H3. The first-order valence-electron chi connectivity index (χ1n) is 5.61. The van der Waals surface area contributed by atoms with E-state index in [0.29, 0.717) is 6.42 Å². The van der Waals surface area contributed by atoms with Crippen LogP contribution in [0.3, 0.4) is 0 Å². The average molecular weight is 276 g/mol. The van der Waals surface area contributed by atoms with Crippen LogP contribution in [0.2, 0.25) is 0 Å². The molecule has 0 spiro atoms. The van der Waals surface area contributed by atoms with Gasteiger partial charge in [0.15, 0.2) is 5.82 Å². The van der Waals surface area contributed by atoms with E-state index in [1.807, 2.05) is 13.8 Å². The Morgan fingerprint density at radius 2 is 2.17 bits per heavy atom. The second-order valence-corrected chi connectivity index (χ2v) is 6.11. The first kappa shape index (κ1) is 15.0. The molecule has 0 saturated heterocycles. The van der Waals surface area contributed by atoms with Crippen molar-refractivity contribution in [1.82, 2.24) is 9.71 Å². The number of hydrogen-bond acceptors (Lipinski definition) is 4. The van der Waals surface area contributed by atoms with Crippen LogP contribution in [-0.4, -0.2) is 31.2 Å². The van der Waals surface area contributed by atoms with Crippen LogP contribution in [0, 0.1) is 11.7 Å². The smallest absolute Gasteiger partial charge is 0.261 e. The van der Waals surface area contributed by atoms with Gasteiger partial charge in [0.25, 0.3) is 10.0 Å². The topological polar surface area (TPSA) is 79.3 Å². The summed E-state index contributed by atoms with van der Waals surface area (Å²) in [5.41, 5.74) is 0. The van der Waals surface area contributed by atoms with Crippen molar-refractivity contribution in [2.24, 2.45) is 5.92 Å². The molecule has 102 valence electrons. The number of aliphatic hydroxyl groups is 1. The van der Waals surface area contributed by atoms with Gasteiger partial charge in [-0.05, 0) is 24.5 Å². The molecule has 0 aromatic carbocycles. The van der Waals surface area contributed by atoms with Crippen molar-refractivity contribution in [3.63, 3.8) is 0 Å². The van der Waals surface area contributed by atoms with E-state index in [-0.39, 0.29) is 12.5 Å². The minimum absolute atomic E-state index is 0.156. The molecule has 1 aromatic heterocycles. The number of nitrogens with zero attached hydrogens (tertiary/aromatic N) is 1. The number of rotatable bonds is 6. The van der Waals surface area contributed by atoms with Gasteiger partial charge in [0, 0.05) is 12.7 Å². The van der Waals surface area contributed by atoms with Crippen molar-refractivity contribution in [2.75, 3.05) is 6.54 Å². The molecule has 0 fully saturated rings. The van der Waals surface area contributed by atoms with Crippen LogP contribution in [-0.2, 0) is 10.0 Å². The highest BCUT2D eigenvalue weighted by Gasteiger charge is 2.21. The molecular weight excluding hydrogens is 259 g/mol. The van der Waals surface area contributed by atoms with Crippen LogP contribution in [0.15, 0.2) is 23.4 Å². The molecule has 1 rings (SSSR count). The highest BCUT2D eigenvalue weighted by atomic mass is 32.2. The molecule has 0 aliphatic heterocycles. The van der Waals surface area contributed by atoms with Crippen LogP contribution >= 0.6 is 0 Å². The molecule has 0 aliphatic rings. The second kappa shape index (κ2) is 6.21. The summed E-state index contributed by atoms with van der Waals surface area (Å²) in [5.74, 6) is -0.667. The molecule has 0 aliphatic carbocycles. The molecule has 1 aromatic rings. The molecule has 5 nitrogen and oxygen atoms in total. The molecule has 2 N–H and O–H groups in total. The summed E-state index contributed by atoms with van der Waals surface area (Å²) in [5, 5.41) is 8.91. The predicted octanol–water partition coefficient (Wildman–Crippen LogP) is 0.906. The van der Waals surface area contributed by atoms with Gasteiger partial charge in [0.05, 0.1) is 6.10 Å². The third kappa shape index (κ3) is 4.32. The van der Waals surface area contributed by atoms with E-state index in [9.17, 15) is 17.9 Å². The Kier molecular flexibility index (Phi) is 5.18. The molecule has 0 bridgehead atoms. The lowest BCUT2D eigenvalue weighted by Gasteiger charge is -2.13. The van der Waals surface area contributed by atoms with Crippen molar-refractivity contribution < 1.29 is 17.9 Å². The van der Waals surface area contributed by atoms with Gasteiger partial charge in [0.1, 0.15) is 0 Å². The Bertz CT molecular complexity index is 491. The van der Waals surface area contributed by atoms with Gasteiger partial charge in [-0.1, -0.05) is 13.8 Å². The lowest BCUT2D eigenvalue weighted by Crippen LogP contribution is -2.33. The van der Waals surface area contributed by atoms with Gasteiger partial charge in [-0.15, -0.1) is 0 Å². The van der Waals surface area contributed by atoms with E-state index in [0.717, 1.165) is 6.07 Å². The fourth-order valence-corrected chi connectivity index (χ4v) is 2.54. The van der Waals surface area contributed by atoms with E-state index >= 15 is 0 Å². The van der Waals surface area contributed by atoms with Crippen molar-refractivity contribution in [3.05, 3.63) is 24.1 Å². The lowest BCUT2D eigenvalue weighted by atomic mass is 10.1. The van der Waals surface area contributed by atoms with Crippen LogP contribution < -0.4 is 4.72 Å². The van der Waals surface area contributed by atoms with Gasteiger partial charge in [0.2, 0.25) is 5.03 Å². The lowest BCUT2D eigenvalue weighted by molar-refractivity contribution is 0.152. The van der Waals surface area contributed by atoms with Crippen molar-refractivity contribution in [3.8, 4) is 0 Å². The predicted molar refractivity (Wildman–Crippen MR) is 64.8 cm³/mol. The third-order valence-electron chi connectivity index (χ3n) is 2.23. The quantitative estimate of drug-likeness (QED) is 0.809. The van der Waals surface area contributed by atoms with Crippen molar-refractivity contribution >= 4 is 10.0 Å². The highest BCUT2D eigenvalue weighted by Crippen LogP contribution is 2.10. The maximum absolute atomic E-state index is 13.3. The van der Waals surface area contributed by atoms with E-state index in [2.05, 4.69) is 9.71 Å². The van der Waals surface area contributed by atoms with Crippen LogP contribution in [0.1, 0.15) is 20.3 Å². The van der Waals surface area contributed by atoms with Gasteiger partial charge in [-0.2, -0.15) is 0 Å². The fourth-order valence-electron chi connectivity index (χ4n) is 1.47. The number of hydrogen-bond donors (Lipinski definition) is 2. The summed E-state index contributed by atoms with van der Waals surface area (Å²) in [6.07, 6.45) is 0.863. The summed E-state index contributed by atoms with van der Waals surface area (Å²) in [6.45, 7) is 3.67. The molecule has 7 heteroatoms. The van der Waals surface area contributed by atoms with Gasteiger partial charge in [-0.3, -0.25) is 0 Å². The highest BCUT2D eigenvalue weighted by molar-refractivity contribution is 7.89. The number of aliphatic hydroxyl groups excluding tert-OH is 1. The molecule has 0 saturated carbocycles. The van der Waals surface area contributed by atoms with E-state index in [1.54, 1.807) is 0 Å². The van der Waals surface area contributed by atoms with Crippen LogP contribution in [0.4, 0.5) is 4.39 Å². The summed E-state index contributed by atoms with van der Waals surface area (Å²) >= 11 is 0. The number of aromatic nitrogens is 1. The number of pyridine rings is 1. The van der Waals surface area contributed by atoms with E-state index < -0.39 is 27.0 Å². The number of halogens is 1. The zero-order valence-electron chi connectivity index (χ0n) is 10.3. The Labute approximate surface area is 106 Å². The van der Waals surface area contributed by atoms with Crippen LogP contribution in [0.5, 0.6) is 0 Å². The number of nitrogens with one attached hydrogen (secondary N) is 1. The van der Waals surface area contributed by atoms with E-state index in [4.69, 9.17) is 0 Å². The molecular formula is C11H17FN2O3S. The molecule has 1 atom stereocenters. The molecule has 1 unspecified atom stereocenters. The molecule has 0 radical (unpaired) electrons. The normalized spacial score (nSPS) is 13.8. The Balaban J connectivity index is 2.69. The van der Waals surface area contributed by atoms with Crippen LogP contribution in [0.25, 0.3) is 0 Å². The Hall–Kier alpha value is -1.05. The maximum Gasteiger partial charge on any atom is 0.261 e. The largest absolute Gasteiger partial charge is 0.392 e. The maximum atomic E-state index is 13.3. The van der Waals surface area contributed by atoms with Gasteiger partial charge >= 0.3 is 0 Å². The summed E-state index contributed by atoms with van der Waals surface area (Å²) < 4.78 is 38.9. The Morgan fingerprint density at radius 3 is 2.72 bits per heavy atom. The fraction of sp³-hybridized carbons (Fsp3) is 0.545. The molecule has 18 heavy (non-hydrogen) atoms. The second-order valence-electron chi connectivity index (χ2n) is 4.43. The SMILES string of the molecule is CC(C)CC(O)CNS(=O)(=O)c1ncccc1F. The summed E-state index contributed by atoms with van der Waals surface area (Å²) in [4.78, 5) is 3.48. The summed E-state index contributed by atoms with van der Waals surface area (Å²) in [6, 6.07) is 2.33. The third-order valence-corrected chi connectivity index (χ3v) is 3.59. The minimum atomic E-state index is -4.02. The van der Waals surface area contributed by atoms with Gasteiger partial charge in [-0.25, -0.2) is 22.5 Å².